The Bertz CT molecular complexity index is 592. The fourth-order valence-corrected chi connectivity index (χ4v) is 3.08. The van der Waals surface area contributed by atoms with Crippen LogP contribution >= 0.6 is 0 Å². The van der Waals surface area contributed by atoms with Crippen LogP contribution in [-0.4, -0.2) is 65.0 Å². The molecule has 1 heterocycles. The summed E-state index contributed by atoms with van der Waals surface area (Å²) >= 11 is 0. The van der Waals surface area contributed by atoms with E-state index in [-0.39, 0.29) is 11.6 Å². The van der Waals surface area contributed by atoms with E-state index in [4.69, 9.17) is 14.2 Å². The molecule has 6 nitrogen and oxygen atoms in total. The molecule has 2 rings (SSSR count). The number of benzene rings is 1. The van der Waals surface area contributed by atoms with E-state index in [0.717, 1.165) is 63.8 Å². The summed E-state index contributed by atoms with van der Waals surface area (Å²) in [5.41, 5.74) is 0.860. The first-order chi connectivity index (χ1) is 13.1. The number of nitrogens with one attached hydrogen (secondary N) is 1. The van der Waals surface area contributed by atoms with E-state index in [0.29, 0.717) is 12.5 Å². The number of aliphatic imine (C=N–C) groups is 1. The topological polar surface area (TPSA) is 55.3 Å². The second kappa shape index (κ2) is 11.8. The number of halogens is 1. The summed E-state index contributed by atoms with van der Waals surface area (Å²) in [4.78, 5) is 6.25. The second-order valence-electron chi connectivity index (χ2n) is 6.78. The highest BCUT2D eigenvalue weighted by molar-refractivity contribution is 5.79. The smallest absolute Gasteiger partial charge is 0.193 e. The van der Waals surface area contributed by atoms with Crippen molar-refractivity contribution < 1.29 is 18.6 Å². The lowest BCUT2D eigenvalue weighted by atomic mass is 10.0. The summed E-state index contributed by atoms with van der Waals surface area (Å²) in [6.45, 7) is 4.60. The molecule has 1 N–H and O–H groups in total. The molecule has 0 bridgehead atoms. The number of methoxy groups -OCH3 is 1. The molecule has 0 amide bonds. The Morgan fingerprint density at radius 1 is 1.37 bits per heavy atom. The Hall–Kier alpha value is -1.86. The molecule has 0 aliphatic carbocycles. The minimum Gasteiger partial charge on any atom is -0.494 e. The third-order valence-electron chi connectivity index (χ3n) is 4.65. The zero-order valence-corrected chi connectivity index (χ0v) is 16.7. The van der Waals surface area contributed by atoms with Gasteiger partial charge in [0, 0.05) is 53.6 Å². The second-order valence-corrected chi connectivity index (χ2v) is 6.78. The van der Waals surface area contributed by atoms with Gasteiger partial charge in [-0.15, -0.1) is 0 Å². The van der Waals surface area contributed by atoms with Gasteiger partial charge >= 0.3 is 0 Å². The summed E-state index contributed by atoms with van der Waals surface area (Å²) in [6.07, 6.45) is 3.11. The predicted molar refractivity (Wildman–Crippen MR) is 105 cm³/mol. The highest BCUT2D eigenvalue weighted by atomic mass is 19.1. The monoisotopic (exact) mass is 381 g/mol. The first-order valence-electron chi connectivity index (χ1n) is 9.53. The molecule has 1 aliphatic rings. The van der Waals surface area contributed by atoms with Crippen molar-refractivity contribution in [3.63, 3.8) is 0 Å². The fourth-order valence-electron chi connectivity index (χ4n) is 3.08. The average molecular weight is 381 g/mol. The summed E-state index contributed by atoms with van der Waals surface area (Å²) < 4.78 is 29.9. The normalized spacial score (nSPS) is 15.6. The lowest BCUT2D eigenvalue weighted by Gasteiger charge is -2.23. The molecule has 0 saturated carbocycles. The van der Waals surface area contributed by atoms with E-state index in [1.807, 2.05) is 18.0 Å². The van der Waals surface area contributed by atoms with E-state index in [1.54, 1.807) is 13.1 Å². The van der Waals surface area contributed by atoms with E-state index in [2.05, 4.69) is 10.3 Å². The van der Waals surface area contributed by atoms with E-state index in [1.165, 1.54) is 13.2 Å². The van der Waals surface area contributed by atoms with Gasteiger partial charge in [0.25, 0.3) is 0 Å². The summed E-state index contributed by atoms with van der Waals surface area (Å²) in [5.74, 6) is 1.31. The largest absolute Gasteiger partial charge is 0.494 e. The van der Waals surface area contributed by atoms with Crippen LogP contribution in [0.1, 0.15) is 24.8 Å². The molecule has 0 radical (unpaired) electrons. The number of rotatable bonds is 9. The third-order valence-corrected chi connectivity index (χ3v) is 4.65. The van der Waals surface area contributed by atoms with E-state index >= 15 is 0 Å². The van der Waals surface area contributed by atoms with Crippen LogP contribution in [0.3, 0.4) is 0 Å². The van der Waals surface area contributed by atoms with Crippen LogP contribution in [0, 0.1) is 11.7 Å². The van der Waals surface area contributed by atoms with Gasteiger partial charge in [0.05, 0.1) is 7.11 Å². The molecular formula is C20H32FN3O3. The molecule has 152 valence electrons. The van der Waals surface area contributed by atoms with Crippen molar-refractivity contribution in [1.82, 2.24) is 10.2 Å². The standard InChI is InChI=1S/C20H32FN3O3/c1-22-20(23-9-4-10-27-15-16-7-11-26-12-8-16)24(2)14-17-5-6-19(25-3)18(21)13-17/h5-6,13,16H,4,7-12,14-15H2,1-3H3,(H,22,23). The van der Waals surface area contributed by atoms with Gasteiger partial charge in [0.1, 0.15) is 0 Å². The number of guanidine groups is 1. The molecule has 1 aliphatic heterocycles. The van der Waals surface area contributed by atoms with Crippen molar-refractivity contribution in [2.24, 2.45) is 10.9 Å². The maximum absolute atomic E-state index is 13.8. The van der Waals surface area contributed by atoms with Gasteiger partial charge in [-0.25, -0.2) is 4.39 Å². The molecule has 27 heavy (non-hydrogen) atoms. The zero-order chi connectivity index (χ0) is 19.5. The van der Waals surface area contributed by atoms with Crippen LogP contribution < -0.4 is 10.1 Å². The van der Waals surface area contributed by atoms with Crippen LogP contribution in [0.25, 0.3) is 0 Å². The molecule has 7 heteroatoms. The molecular weight excluding hydrogens is 349 g/mol. The molecule has 1 saturated heterocycles. The Morgan fingerprint density at radius 3 is 2.81 bits per heavy atom. The summed E-state index contributed by atoms with van der Waals surface area (Å²) in [7, 11) is 5.14. The quantitative estimate of drug-likeness (QED) is 0.405. The van der Waals surface area contributed by atoms with Gasteiger partial charge in [-0.3, -0.25) is 4.99 Å². The number of hydrogen-bond donors (Lipinski definition) is 1. The van der Waals surface area contributed by atoms with E-state index in [9.17, 15) is 4.39 Å². The highest BCUT2D eigenvalue weighted by Crippen LogP contribution is 2.18. The van der Waals surface area contributed by atoms with Crippen molar-refractivity contribution in [1.29, 1.82) is 0 Å². The van der Waals surface area contributed by atoms with Crippen LogP contribution in [0.4, 0.5) is 4.39 Å². The maximum Gasteiger partial charge on any atom is 0.193 e. The minimum atomic E-state index is -0.354. The SMILES string of the molecule is CN=C(NCCCOCC1CCOCC1)N(C)Cc1ccc(OC)c(F)c1. The zero-order valence-electron chi connectivity index (χ0n) is 16.7. The number of ether oxygens (including phenoxy) is 3. The van der Waals surface area contributed by atoms with Gasteiger partial charge < -0.3 is 24.4 Å². The number of nitrogens with zero attached hydrogens (tertiary/aromatic N) is 2. The van der Waals surface area contributed by atoms with Gasteiger partial charge in [-0.05, 0) is 42.9 Å². The lowest BCUT2D eigenvalue weighted by molar-refractivity contribution is 0.0203. The van der Waals surface area contributed by atoms with Gasteiger partial charge in [-0.1, -0.05) is 6.07 Å². The Kier molecular flexibility index (Phi) is 9.35. The summed E-state index contributed by atoms with van der Waals surface area (Å²) in [6, 6.07) is 4.99. The summed E-state index contributed by atoms with van der Waals surface area (Å²) in [5, 5.41) is 3.32. The molecule has 1 aromatic carbocycles. The van der Waals surface area contributed by atoms with Crippen molar-refractivity contribution >= 4 is 5.96 Å². The average Bonchev–Trinajstić information content (AvgIpc) is 2.68. The first-order valence-corrected chi connectivity index (χ1v) is 9.53. The van der Waals surface area contributed by atoms with Crippen LogP contribution in [-0.2, 0) is 16.0 Å². The maximum atomic E-state index is 13.8. The van der Waals surface area contributed by atoms with Crippen LogP contribution in [0.5, 0.6) is 5.75 Å². The first kappa shape index (κ1) is 21.4. The molecule has 0 atom stereocenters. The van der Waals surface area contributed by atoms with Crippen molar-refractivity contribution in [3.8, 4) is 5.75 Å². The molecule has 0 aromatic heterocycles. The molecule has 1 fully saturated rings. The molecule has 0 spiro atoms. The lowest BCUT2D eigenvalue weighted by Crippen LogP contribution is -2.39. The Morgan fingerprint density at radius 2 is 2.15 bits per heavy atom. The molecule has 0 unspecified atom stereocenters. The van der Waals surface area contributed by atoms with E-state index < -0.39 is 0 Å². The van der Waals surface area contributed by atoms with Crippen molar-refractivity contribution in [3.05, 3.63) is 29.6 Å². The Labute approximate surface area is 161 Å². The Balaban J connectivity index is 1.65. The van der Waals surface area contributed by atoms with Crippen LogP contribution in [0.15, 0.2) is 23.2 Å². The van der Waals surface area contributed by atoms with Gasteiger partial charge in [0.15, 0.2) is 17.5 Å². The van der Waals surface area contributed by atoms with Crippen LogP contribution in [0.2, 0.25) is 0 Å². The predicted octanol–water partition coefficient (Wildman–Crippen LogP) is 2.67. The van der Waals surface area contributed by atoms with Gasteiger partial charge in [0.2, 0.25) is 0 Å². The van der Waals surface area contributed by atoms with Crippen molar-refractivity contribution in [2.45, 2.75) is 25.8 Å². The fraction of sp³-hybridized carbons (Fsp3) is 0.650. The number of hydrogen-bond acceptors (Lipinski definition) is 4. The highest BCUT2D eigenvalue weighted by Gasteiger charge is 2.13. The van der Waals surface area contributed by atoms with Crippen molar-refractivity contribution in [2.75, 3.05) is 54.2 Å². The van der Waals surface area contributed by atoms with Gasteiger partial charge in [-0.2, -0.15) is 0 Å². The molecule has 1 aromatic rings. The minimum absolute atomic E-state index is 0.254. The third kappa shape index (κ3) is 7.34.